The van der Waals surface area contributed by atoms with Crippen molar-refractivity contribution in [3.05, 3.63) is 83.9 Å². The Morgan fingerprint density at radius 1 is 0.926 bits per heavy atom. The summed E-state index contributed by atoms with van der Waals surface area (Å²) in [6.45, 7) is 0. The molecule has 0 aliphatic heterocycles. The average Bonchev–Trinajstić information content (AvgIpc) is 2.73. The van der Waals surface area contributed by atoms with Crippen molar-refractivity contribution < 1.29 is 14.3 Å². The van der Waals surface area contributed by atoms with Crippen LogP contribution in [0.3, 0.4) is 0 Å². The van der Waals surface area contributed by atoms with Crippen LogP contribution in [0.1, 0.15) is 49.1 Å². The van der Waals surface area contributed by atoms with Crippen LogP contribution in [0.15, 0.2) is 72.8 Å². The zero-order valence-electron chi connectivity index (χ0n) is 15.6. The Kier molecular flexibility index (Phi) is 6.97. The molecular formula is C24H26O3. The second-order valence-corrected chi connectivity index (χ2v) is 7.04. The number of ether oxygens (including phenoxy) is 1. The number of allylic oxidation sites excluding steroid dienone is 1. The minimum atomic E-state index is -0.737. The van der Waals surface area contributed by atoms with Gasteiger partial charge in [0, 0.05) is 5.92 Å². The first-order valence-corrected chi connectivity index (χ1v) is 9.74. The van der Waals surface area contributed by atoms with Crippen molar-refractivity contribution in [2.24, 2.45) is 0 Å². The zero-order valence-corrected chi connectivity index (χ0v) is 15.6. The fourth-order valence-corrected chi connectivity index (χ4v) is 3.67. The standard InChI is InChI=1S/C24H26O3/c25-22(17-9-7-13-19-11-3-1-4-12-19)24(26)27-23-18-10-8-16-21(23)20-14-5-2-6-15-20/h1-6,9,11-12,14-15,17,21,23H,7-8,10,13,16,18H2/b17-9+/t21-,23+/m0/s1. The molecule has 0 heterocycles. The molecule has 140 valence electrons. The minimum absolute atomic E-state index is 0.179. The Labute approximate surface area is 161 Å². The fourth-order valence-electron chi connectivity index (χ4n) is 3.67. The van der Waals surface area contributed by atoms with Crippen molar-refractivity contribution in [2.75, 3.05) is 0 Å². The molecule has 0 unspecified atom stereocenters. The van der Waals surface area contributed by atoms with Gasteiger partial charge >= 0.3 is 5.97 Å². The highest BCUT2D eigenvalue weighted by Crippen LogP contribution is 2.35. The number of carbonyl (C=O) groups excluding carboxylic acids is 2. The lowest BCUT2D eigenvalue weighted by Gasteiger charge is -2.31. The lowest BCUT2D eigenvalue weighted by Crippen LogP contribution is -2.31. The van der Waals surface area contributed by atoms with Crippen molar-refractivity contribution in [3.8, 4) is 0 Å². The van der Waals surface area contributed by atoms with E-state index in [2.05, 4.69) is 24.3 Å². The Bertz CT molecular complexity index is 765. The molecule has 0 amide bonds. The van der Waals surface area contributed by atoms with Gasteiger partial charge in [0.25, 0.3) is 5.78 Å². The summed E-state index contributed by atoms with van der Waals surface area (Å²) in [5.74, 6) is -1.13. The minimum Gasteiger partial charge on any atom is -0.456 e. The molecule has 1 saturated carbocycles. The van der Waals surface area contributed by atoms with Gasteiger partial charge in [-0.25, -0.2) is 4.79 Å². The molecule has 3 heteroatoms. The number of esters is 1. The molecule has 1 aliphatic rings. The summed E-state index contributed by atoms with van der Waals surface area (Å²) in [5, 5.41) is 0. The molecule has 0 saturated heterocycles. The molecular weight excluding hydrogens is 336 g/mol. The van der Waals surface area contributed by atoms with Gasteiger partial charge in [-0.3, -0.25) is 4.79 Å². The monoisotopic (exact) mass is 362 g/mol. The van der Waals surface area contributed by atoms with Crippen LogP contribution in [-0.4, -0.2) is 17.9 Å². The van der Waals surface area contributed by atoms with E-state index in [1.165, 1.54) is 17.2 Å². The van der Waals surface area contributed by atoms with Crippen LogP contribution in [-0.2, 0) is 20.7 Å². The lowest BCUT2D eigenvalue weighted by atomic mass is 9.81. The molecule has 3 nitrogen and oxygen atoms in total. The van der Waals surface area contributed by atoms with Crippen molar-refractivity contribution in [1.29, 1.82) is 0 Å². The quantitative estimate of drug-likeness (QED) is 0.395. The molecule has 2 atom stereocenters. The molecule has 1 fully saturated rings. The predicted octanol–water partition coefficient (Wildman–Crippen LogP) is 5.01. The number of hydrogen-bond acceptors (Lipinski definition) is 3. The Morgan fingerprint density at radius 2 is 1.59 bits per heavy atom. The molecule has 0 aromatic heterocycles. The third-order valence-corrected chi connectivity index (χ3v) is 5.10. The smallest absolute Gasteiger partial charge is 0.379 e. The van der Waals surface area contributed by atoms with E-state index in [1.54, 1.807) is 6.08 Å². The van der Waals surface area contributed by atoms with Crippen LogP contribution in [0, 0.1) is 0 Å². The lowest BCUT2D eigenvalue weighted by molar-refractivity contribution is -0.158. The second kappa shape index (κ2) is 9.86. The summed E-state index contributed by atoms with van der Waals surface area (Å²) < 4.78 is 5.60. The van der Waals surface area contributed by atoms with E-state index in [9.17, 15) is 9.59 Å². The Hall–Kier alpha value is -2.68. The van der Waals surface area contributed by atoms with Crippen LogP contribution >= 0.6 is 0 Å². The molecule has 0 spiro atoms. The highest BCUT2D eigenvalue weighted by Gasteiger charge is 2.30. The summed E-state index contributed by atoms with van der Waals surface area (Å²) >= 11 is 0. The van der Waals surface area contributed by atoms with E-state index in [-0.39, 0.29) is 12.0 Å². The van der Waals surface area contributed by atoms with E-state index in [0.29, 0.717) is 0 Å². The largest absolute Gasteiger partial charge is 0.456 e. The van der Waals surface area contributed by atoms with E-state index in [4.69, 9.17) is 4.74 Å². The third-order valence-electron chi connectivity index (χ3n) is 5.10. The highest BCUT2D eigenvalue weighted by atomic mass is 16.5. The van der Waals surface area contributed by atoms with Crippen LogP contribution in [0.2, 0.25) is 0 Å². The SMILES string of the molecule is O=C(/C=C/CCc1ccccc1)C(=O)O[C@@H]1CCCC[C@H]1c1ccccc1. The number of ketones is 1. The molecule has 0 bridgehead atoms. The number of hydrogen-bond donors (Lipinski definition) is 0. The van der Waals surface area contributed by atoms with Crippen molar-refractivity contribution in [2.45, 2.75) is 50.5 Å². The summed E-state index contributed by atoms with van der Waals surface area (Å²) in [6, 6.07) is 20.2. The Morgan fingerprint density at radius 3 is 2.33 bits per heavy atom. The normalized spacial score (nSPS) is 19.7. The molecule has 3 rings (SSSR count). The van der Waals surface area contributed by atoms with Crippen LogP contribution in [0.4, 0.5) is 0 Å². The molecule has 1 aliphatic carbocycles. The van der Waals surface area contributed by atoms with Gasteiger partial charge in [0.05, 0.1) is 0 Å². The van der Waals surface area contributed by atoms with Crippen molar-refractivity contribution >= 4 is 11.8 Å². The van der Waals surface area contributed by atoms with Gasteiger partial charge in [0.2, 0.25) is 0 Å². The van der Waals surface area contributed by atoms with Gasteiger partial charge < -0.3 is 4.74 Å². The fraction of sp³-hybridized carbons (Fsp3) is 0.333. The van der Waals surface area contributed by atoms with E-state index >= 15 is 0 Å². The van der Waals surface area contributed by atoms with Gasteiger partial charge in [-0.15, -0.1) is 0 Å². The second-order valence-electron chi connectivity index (χ2n) is 7.04. The van der Waals surface area contributed by atoms with Gasteiger partial charge in [0.1, 0.15) is 6.10 Å². The number of benzene rings is 2. The first-order chi connectivity index (χ1) is 13.2. The van der Waals surface area contributed by atoms with Crippen LogP contribution in [0.25, 0.3) is 0 Å². The average molecular weight is 362 g/mol. The Balaban J connectivity index is 1.52. The van der Waals surface area contributed by atoms with Crippen LogP contribution in [0.5, 0.6) is 0 Å². The molecule has 2 aromatic carbocycles. The van der Waals surface area contributed by atoms with Crippen molar-refractivity contribution in [3.63, 3.8) is 0 Å². The van der Waals surface area contributed by atoms with E-state index in [1.807, 2.05) is 36.4 Å². The summed E-state index contributed by atoms with van der Waals surface area (Å²) in [7, 11) is 0. The maximum Gasteiger partial charge on any atom is 0.379 e. The predicted molar refractivity (Wildman–Crippen MR) is 106 cm³/mol. The van der Waals surface area contributed by atoms with E-state index < -0.39 is 11.8 Å². The van der Waals surface area contributed by atoms with Gasteiger partial charge in [-0.05, 0) is 49.3 Å². The number of aryl methyl sites for hydroxylation is 1. The van der Waals surface area contributed by atoms with Crippen molar-refractivity contribution in [1.82, 2.24) is 0 Å². The first kappa shape index (κ1) is 19.1. The topological polar surface area (TPSA) is 43.4 Å². The van der Waals surface area contributed by atoms with E-state index in [0.717, 1.165) is 38.5 Å². The first-order valence-electron chi connectivity index (χ1n) is 9.74. The van der Waals surface area contributed by atoms with Gasteiger partial charge in [-0.2, -0.15) is 0 Å². The molecule has 0 radical (unpaired) electrons. The summed E-state index contributed by atoms with van der Waals surface area (Å²) in [4.78, 5) is 24.3. The third kappa shape index (κ3) is 5.65. The zero-order chi connectivity index (χ0) is 18.9. The maximum absolute atomic E-state index is 12.2. The maximum atomic E-state index is 12.2. The number of rotatable bonds is 7. The molecule has 0 N–H and O–H groups in total. The van der Waals surface area contributed by atoms with Gasteiger partial charge in [0.15, 0.2) is 0 Å². The number of carbonyl (C=O) groups is 2. The summed E-state index contributed by atoms with van der Waals surface area (Å²) in [6.07, 6.45) is 8.42. The van der Waals surface area contributed by atoms with Crippen LogP contribution < -0.4 is 0 Å². The summed E-state index contributed by atoms with van der Waals surface area (Å²) in [5.41, 5.74) is 2.39. The molecule has 2 aromatic rings. The molecule has 27 heavy (non-hydrogen) atoms. The highest BCUT2D eigenvalue weighted by molar-refractivity contribution is 6.38. The van der Waals surface area contributed by atoms with Gasteiger partial charge in [-0.1, -0.05) is 73.2 Å².